The molecule has 0 spiro atoms. The standard InChI is InChI=1S/C16H17ClN2S/c1-11(2)16(15-4-3-7-20-15)19-10-13-6-5-12(9-18)8-14(13)17/h3-8,11,16,19H,10H2,1-2H3. The summed E-state index contributed by atoms with van der Waals surface area (Å²) in [6, 6.07) is 12.1. The van der Waals surface area contributed by atoms with Crippen molar-refractivity contribution in [1.29, 1.82) is 5.26 Å². The Bertz CT molecular complexity index is 599. The molecule has 1 aromatic carbocycles. The quantitative estimate of drug-likeness (QED) is 0.864. The molecule has 0 saturated carbocycles. The lowest BCUT2D eigenvalue weighted by molar-refractivity contribution is 0.416. The molecular weight excluding hydrogens is 288 g/mol. The Kier molecular flexibility index (Phi) is 5.19. The smallest absolute Gasteiger partial charge is 0.0992 e. The van der Waals surface area contributed by atoms with Crippen molar-refractivity contribution in [2.45, 2.75) is 26.4 Å². The number of hydrogen-bond acceptors (Lipinski definition) is 3. The molecule has 0 saturated heterocycles. The van der Waals surface area contributed by atoms with Crippen molar-refractivity contribution in [2.75, 3.05) is 0 Å². The van der Waals surface area contributed by atoms with Crippen molar-refractivity contribution >= 4 is 22.9 Å². The van der Waals surface area contributed by atoms with Gasteiger partial charge in [0.2, 0.25) is 0 Å². The molecule has 0 amide bonds. The fraction of sp³-hybridized carbons (Fsp3) is 0.312. The zero-order valence-electron chi connectivity index (χ0n) is 11.6. The molecule has 0 aliphatic heterocycles. The minimum absolute atomic E-state index is 0.321. The Morgan fingerprint density at radius 2 is 2.15 bits per heavy atom. The first-order valence-electron chi connectivity index (χ1n) is 6.57. The SMILES string of the molecule is CC(C)C(NCc1ccc(C#N)cc1Cl)c1cccs1. The average molecular weight is 305 g/mol. The van der Waals surface area contributed by atoms with Gasteiger partial charge in [-0.1, -0.05) is 37.6 Å². The molecule has 2 rings (SSSR count). The second-order valence-electron chi connectivity index (χ2n) is 5.04. The van der Waals surface area contributed by atoms with Crippen LogP contribution in [-0.4, -0.2) is 0 Å². The first-order valence-corrected chi connectivity index (χ1v) is 7.83. The zero-order chi connectivity index (χ0) is 14.5. The molecule has 0 aliphatic carbocycles. The Balaban J connectivity index is 2.09. The number of thiophene rings is 1. The van der Waals surface area contributed by atoms with E-state index in [1.807, 2.05) is 6.07 Å². The van der Waals surface area contributed by atoms with E-state index >= 15 is 0 Å². The highest BCUT2D eigenvalue weighted by molar-refractivity contribution is 7.10. The second-order valence-corrected chi connectivity index (χ2v) is 6.42. The van der Waals surface area contributed by atoms with Crippen LogP contribution in [0.1, 0.15) is 35.9 Å². The van der Waals surface area contributed by atoms with E-state index in [0.717, 1.165) is 5.56 Å². The first-order chi connectivity index (χ1) is 9.61. The highest BCUT2D eigenvalue weighted by Crippen LogP contribution is 2.27. The van der Waals surface area contributed by atoms with Crippen LogP contribution in [-0.2, 0) is 6.54 Å². The number of nitrogens with zero attached hydrogens (tertiary/aromatic N) is 1. The second kappa shape index (κ2) is 6.90. The van der Waals surface area contributed by atoms with Gasteiger partial charge in [0.05, 0.1) is 11.6 Å². The van der Waals surface area contributed by atoms with Crippen LogP contribution in [0, 0.1) is 17.2 Å². The zero-order valence-corrected chi connectivity index (χ0v) is 13.1. The van der Waals surface area contributed by atoms with Gasteiger partial charge in [-0.3, -0.25) is 0 Å². The molecule has 1 unspecified atom stereocenters. The molecule has 1 N–H and O–H groups in total. The summed E-state index contributed by atoms with van der Waals surface area (Å²) < 4.78 is 0. The lowest BCUT2D eigenvalue weighted by Gasteiger charge is -2.21. The molecule has 0 radical (unpaired) electrons. The summed E-state index contributed by atoms with van der Waals surface area (Å²) in [5.74, 6) is 0.505. The highest BCUT2D eigenvalue weighted by Gasteiger charge is 2.16. The maximum atomic E-state index is 8.85. The predicted molar refractivity (Wildman–Crippen MR) is 84.9 cm³/mol. The van der Waals surface area contributed by atoms with E-state index in [1.54, 1.807) is 23.5 Å². The molecule has 1 heterocycles. The third-order valence-corrected chi connectivity index (χ3v) is 4.52. The molecular formula is C16H17ClN2S. The summed E-state index contributed by atoms with van der Waals surface area (Å²) in [5, 5.41) is 15.1. The number of rotatable bonds is 5. The number of benzene rings is 1. The van der Waals surface area contributed by atoms with Gasteiger partial charge in [0.1, 0.15) is 0 Å². The fourth-order valence-corrected chi connectivity index (χ4v) is 3.33. The van der Waals surface area contributed by atoms with Crippen molar-refractivity contribution in [3.63, 3.8) is 0 Å². The third-order valence-electron chi connectivity index (χ3n) is 3.21. The van der Waals surface area contributed by atoms with Crippen molar-refractivity contribution in [2.24, 2.45) is 5.92 Å². The minimum atomic E-state index is 0.321. The number of hydrogen-bond donors (Lipinski definition) is 1. The van der Waals surface area contributed by atoms with E-state index in [4.69, 9.17) is 16.9 Å². The van der Waals surface area contributed by atoms with Crippen molar-refractivity contribution < 1.29 is 0 Å². The van der Waals surface area contributed by atoms with Crippen molar-refractivity contribution in [3.05, 3.63) is 56.7 Å². The largest absolute Gasteiger partial charge is 0.305 e. The number of nitriles is 1. The van der Waals surface area contributed by atoms with Gasteiger partial charge < -0.3 is 5.32 Å². The van der Waals surface area contributed by atoms with E-state index in [1.165, 1.54) is 4.88 Å². The summed E-state index contributed by atoms with van der Waals surface area (Å²) in [5.41, 5.74) is 1.62. The summed E-state index contributed by atoms with van der Waals surface area (Å²) in [6.07, 6.45) is 0. The lowest BCUT2D eigenvalue weighted by Crippen LogP contribution is -2.24. The van der Waals surface area contributed by atoms with Crippen LogP contribution in [0.4, 0.5) is 0 Å². The summed E-state index contributed by atoms with van der Waals surface area (Å²) in [7, 11) is 0. The molecule has 1 aromatic heterocycles. The Morgan fingerprint density at radius 1 is 1.35 bits per heavy atom. The summed E-state index contributed by atoms with van der Waals surface area (Å²) >= 11 is 7.97. The van der Waals surface area contributed by atoms with E-state index in [2.05, 4.69) is 42.7 Å². The van der Waals surface area contributed by atoms with Gasteiger partial charge in [-0.05, 0) is 35.1 Å². The van der Waals surface area contributed by atoms with Gasteiger partial charge >= 0.3 is 0 Å². The predicted octanol–water partition coefficient (Wildman–Crippen LogP) is 4.76. The van der Waals surface area contributed by atoms with Crippen LogP contribution in [0.15, 0.2) is 35.7 Å². The van der Waals surface area contributed by atoms with Gasteiger partial charge in [0, 0.05) is 22.5 Å². The normalized spacial score (nSPS) is 12.3. The van der Waals surface area contributed by atoms with Crippen LogP contribution in [0.3, 0.4) is 0 Å². The van der Waals surface area contributed by atoms with E-state index in [9.17, 15) is 0 Å². The topological polar surface area (TPSA) is 35.8 Å². The van der Waals surface area contributed by atoms with E-state index in [-0.39, 0.29) is 0 Å². The monoisotopic (exact) mass is 304 g/mol. The molecule has 1 atom stereocenters. The van der Waals surface area contributed by atoms with Crippen molar-refractivity contribution in [1.82, 2.24) is 5.32 Å². The molecule has 104 valence electrons. The number of halogens is 1. The molecule has 2 nitrogen and oxygen atoms in total. The summed E-state index contributed by atoms with van der Waals surface area (Å²) in [4.78, 5) is 1.34. The summed E-state index contributed by atoms with van der Waals surface area (Å²) in [6.45, 7) is 5.11. The van der Waals surface area contributed by atoms with E-state index in [0.29, 0.717) is 29.1 Å². The maximum Gasteiger partial charge on any atom is 0.0992 e. The third kappa shape index (κ3) is 3.61. The minimum Gasteiger partial charge on any atom is -0.305 e. The maximum absolute atomic E-state index is 8.85. The average Bonchev–Trinajstić information content (AvgIpc) is 2.94. The number of nitrogens with one attached hydrogen (secondary N) is 1. The fourth-order valence-electron chi connectivity index (χ4n) is 2.11. The Labute approximate surface area is 129 Å². The molecule has 0 bridgehead atoms. The van der Waals surface area contributed by atoms with Crippen LogP contribution in [0.25, 0.3) is 0 Å². The lowest BCUT2D eigenvalue weighted by atomic mass is 10.0. The molecule has 20 heavy (non-hydrogen) atoms. The first kappa shape index (κ1) is 15.1. The van der Waals surface area contributed by atoms with Crippen molar-refractivity contribution in [3.8, 4) is 6.07 Å². The molecule has 0 aliphatic rings. The van der Waals surface area contributed by atoms with Crippen LogP contribution in [0.5, 0.6) is 0 Å². The van der Waals surface area contributed by atoms with Gasteiger partial charge in [0.15, 0.2) is 0 Å². The van der Waals surface area contributed by atoms with Gasteiger partial charge in [0.25, 0.3) is 0 Å². The van der Waals surface area contributed by atoms with E-state index < -0.39 is 0 Å². The van der Waals surface area contributed by atoms with Gasteiger partial charge in [-0.2, -0.15) is 5.26 Å². The molecule has 2 aromatic rings. The van der Waals surface area contributed by atoms with Gasteiger partial charge in [-0.25, -0.2) is 0 Å². The van der Waals surface area contributed by atoms with Crippen LogP contribution < -0.4 is 5.32 Å². The molecule has 0 fully saturated rings. The highest BCUT2D eigenvalue weighted by atomic mass is 35.5. The molecule has 4 heteroatoms. The van der Waals surface area contributed by atoms with Crippen LogP contribution in [0.2, 0.25) is 5.02 Å². The Morgan fingerprint density at radius 3 is 2.70 bits per heavy atom. The Hall–Kier alpha value is -1.34. The van der Waals surface area contributed by atoms with Crippen LogP contribution >= 0.6 is 22.9 Å². The van der Waals surface area contributed by atoms with Gasteiger partial charge in [-0.15, -0.1) is 11.3 Å².